The molecule has 0 bridgehead atoms. The van der Waals surface area contributed by atoms with E-state index in [-0.39, 0.29) is 0 Å². The highest BCUT2D eigenvalue weighted by Gasteiger charge is 2.30. The van der Waals surface area contributed by atoms with Crippen molar-refractivity contribution >= 4 is 12.4 Å². The number of hydrazine groups is 1. The van der Waals surface area contributed by atoms with Crippen molar-refractivity contribution in [2.45, 2.75) is 46.4 Å². The van der Waals surface area contributed by atoms with Crippen LogP contribution in [0.25, 0.3) is 28.1 Å². The van der Waals surface area contributed by atoms with Gasteiger partial charge in [0.1, 0.15) is 30.5 Å². The minimum absolute atomic E-state index is 0.444. The van der Waals surface area contributed by atoms with Gasteiger partial charge in [0.15, 0.2) is 0 Å². The Hall–Kier alpha value is -3.66. The lowest BCUT2D eigenvalue weighted by Gasteiger charge is -2.30. The number of aliphatic imine (C=N–C) groups is 1. The second-order valence-electron chi connectivity index (χ2n) is 9.38. The Bertz CT molecular complexity index is 1260. The standard InChI is InChI=1S/C28H34N6O3/c1-5-7-34(4)15-26-30-14-22(31-26)18-9-20-16-36-25-12-19(23(13-29-3)32-33-37-8-6-2)10-21-17-35-24(11-18)27(20)28(21)25/h9-14,32-33H,3,5-8,15-17H2,1-2,4H3,(H,30,31)/b23-13-. The third-order valence-electron chi connectivity index (χ3n) is 6.44. The van der Waals surface area contributed by atoms with Crippen LogP contribution in [0.5, 0.6) is 11.5 Å². The average Bonchev–Trinajstić information content (AvgIpc) is 3.37. The summed E-state index contributed by atoms with van der Waals surface area (Å²) in [5.41, 5.74) is 13.8. The van der Waals surface area contributed by atoms with Gasteiger partial charge in [-0.15, -0.1) is 5.59 Å². The van der Waals surface area contributed by atoms with E-state index in [1.54, 1.807) is 6.20 Å². The first-order chi connectivity index (χ1) is 18.1. The van der Waals surface area contributed by atoms with Crippen LogP contribution in [0.3, 0.4) is 0 Å². The Morgan fingerprint density at radius 3 is 2.62 bits per heavy atom. The highest BCUT2D eigenvalue weighted by Crippen LogP contribution is 2.50. The zero-order valence-electron chi connectivity index (χ0n) is 21.7. The van der Waals surface area contributed by atoms with Crippen LogP contribution in [0.1, 0.15) is 49.2 Å². The largest absolute Gasteiger partial charge is 0.488 e. The summed E-state index contributed by atoms with van der Waals surface area (Å²) in [6, 6.07) is 8.38. The number of H-pyrrole nitrogens is 1. The van der Waals surface area contributed by atoms with Crippen molar-refractivity contribution in [2.24, 2.45) is 4.99 Å². The monoisotopic (exact) mass is 502 g/mol. The topological polar surface area (TPSA) is 96.0 Å². The molecule has 0 fully saturated rings. The lowest BCUT2D eigenvalue weighted by molar-refractivity contribution is 0.0236. The van der Waals surface area contributed by atoms with Gasteiger partial charge < -0.3 is 14.5 Å². The van der Waals surface area contributed by atoms with Crippen LogP contribution >= 0.6 is 0 Å². The average molecular weight is 503 g/mol. The fraction of sp³-hybridized carbons (Fsp3) is 0.357. The van der Waals surface area contributed by atoms with Gasteiger partial charge in [0.2, 0.25) is 0 Å². The maximum atomic E-state index is 6.28. The second kappa shape index (κ2) is 11.2. The third-order valence-corrected chi connectivity index (χ3v) is 6.44. The van der Waals surface area contributed by atoms with E-state index in [1.165, 1.54) is 0 Å². The van der Waals surface area contributed by atoms with Gasteiger partial charge in [-0.3, -0.25) is 20.2 Å². The molecule has 3 heterocycles. The number of rotatable bonds is 12. The molecular weight excluding hydrogens is 468 g/mol. The Morgan fingerprint density at radius 1 is 1.14 bits per heavy atom. The summed E-state index contributed by atoms with van der Waals surface area (Å²) < 4.78 is 12.5. The van der Waals surface area contributed by atoms with Crippen molar-refractivity contribution in [2.75, 3.05) is 20.2 Å². The summed E-state index contributed by atoms with van der Waals surface area (Å²) in [4.78, 5) is 19.6. The first-order valence-electron chi connectivity index (χ1n) is 12.7. The maximum absolute atomic E-state index is 6.28. The first-order valence-corrected chi connectivity index (χ1v) is 12.7. The second-order valence-corrected chi connectivity index (χ2v) is 9.38. The van der Waals surface area contributed by atoms with Crippen molar-refractivity contribution in [3.8, 4) is 33.9 Å². The van der Waals surface area contributed by atoms with E-state index in [1.807, 2.05) is 19.2 Å². The van der Waals surface area contributed by atoms with Crippen molar-refractivity contribution in [3.05, 3.63) is 59.2 Å². The van der Waals surface area contributed by atoms with Crippen LogP contribution in [-0.4, -0.2) is 41.8 Å². The summed E-state index contributed by atoms with van der Waals surface area (Å²) in [7, 11) is 2.11. The number of nitrogens with zero attached hydrogens (tertiary/aromatic N) is 3. The van der Waals surface area contributed by atoms with E-state index < -0.39 is 0 Å². The summed E-state index contributed by atoms with van der Waals surface area (Å²) >= 11 is 0. The number of hydrogen-bond donors (Lipinski definition) is 3. The van der Waals surface area contributed by atoms with E-state index in [9.17, 15) is 0 Å². The normalized spacial score (nSPS) is 13.7. The zero-order chi connectivity index (χ0) is 25.8. The van der Waals surface area contributed by atoms with Gasteiger partial charge in [-0.25, -0.2) is 4.98 Å². The number of aromatic amines is 1. The van der Waals surface area contributed by atoms with E-state index in [0.29, 0.717) is 19.8 Å². The van der Waals surface area contributed by atoms with Crippen LogP contribution in [0, 0.1) is 0 Å². The summed E-state index contributed by atoms with van der Waals surface area (Å²) in [6.45, 7) is 11.1. The fourth-order valence-electron chi connectivity index (χ4n) is 4.81. The van der Waals surface area contributed by atoms with Crippen LogP contribution in [0.4, 0.5) is 0 Å². The van der Waals surface area contributed by atoms with E-state index in [4.69, 9.17) is 14.3 Å². The number of ether oxygens (including phenoxy) is 2. The quantitative estimate of drug-likeness (QED) is 0.186. The third kappa shape index (κ3) is 5.24. The molecule has 1 aromatic heterocycles. The molecule has 3 N–H and O–H groups in total. The smallest absolute Gasteiger partial charge is 0.128 e. The Labute approximate surface area is 217 Å². The predicted molar refractivity (Wildman–Crippen MR) is 145 cm³/mol. The van der Waals surface area contributed by atoms with Gasteiger partial charge in [0.05, 0.1) is 36.9 Å². The molecule has 2 aromatic carbocycles. The van der Waals surface area contributed by atoms with Crippen molar-refractivity contribution < 1.29 is 14.3 Å². The predicted octanol–water partition coefficient (Wildman–Crippen LogP) is 4.81. The van der Waals surface area contributed by atoms with Crippen LogP contribution < -0.4 is 20.5 Å². The summed E-state index contributed by atoms with van der Waals surface area (Å²) in [5, 5.41) is 0. The van der Waals surface area contributed by atoms with Gasteiger partial charge in [-0.1, -0.05) is 13.8 Å². The van der Waals surface area contributed by atoms with Crippen LogP contribution in [0.2, 0.25) is 0 Å². The first kappa shape index (κ1) is 25.0. The minimum Gasteiger partial charge on any atom is -0.488 e. The molecule has 0 saturated heterocycles. The van der Waals surface area contributed by atoms with Gasteiger partial charge >= 0.3 is 0 Å². The van der Waals surface area contributed by atoms with E-state index in [0.717, 1.165) is 88.0 Å². The molecule has 5 rings (SSSR count). The summed E-state index contributed by atoms with van der Waals surface area (Å²) in [5.74, 6) is 2.65. The van der Waals surface area contributed by atoms with Crippen molar-refractivity contribution in [1.29, 1.82) is 0 Å². The molecule has 0 atom stereocenters. The lowest BCUT2D eigenvalue weighted by Crippen LogP contribution is -2.31. The molecule has 0 aliphatic carbocycles. The Balaban J connectivity index is 1.44. The molecule has 2 aliphatic rings. The maximum Gasteiger partial charge on any atom is 0.128 e. The van der Waals surface area contributed by atoms with Crippen molar-refractivity contribution in [3.63, 3.8) is 0 Å². The SMILES string of the molecule is C=N/C=C(\NNOCCC)c1cc2c3c(c1)OCc1cc(-c4cnc(CN(C)CCC)[nH]4)cc(c1-3)OC2. The number of benzene rings is 2. The molecule has 0 radical (unpaired) electrons. The molecule has 194 valence electrons. The zero-order valence-corrected chi connectivity index (χ0v) is 21.7. The highest BCUT2D eigenvalue weighted by atomic mass is 16.7. The molecule has 9 heteroatoms. The molecule has 0 spiro atoms. The van der Waals surface area contributed by atoms with Gasteiger partial charge in [0.25, 0.3) is 0 Å². The van der Waals surface area contributed by atoms with Crippen molar-refractivity contribution in [1.82, 2.24) is 25.9 Å². The minimum atomic E-state index is 0.444. The van der Waals surface area contributed by atoms with Gasteiger partial charge in [-0.05, 0) is 57.4 Å². The Kier molecular flexibility index (Phi) is 7.55. The molecule has 9 nitrogen and oxygen atoms in total. The van der Waals surface area contributed by atoms with Crippen LogP contribution in [0.15, 0.2) is 41.7 Å². The number of nitrogens with one attached hydrogen (secondary N) is 3. The molecule has 37 heavy (non-hydrogen) atoms. The number of aromatic nitrogens is 2. The molecule has 0 amide bonds. The van der Waals surface area contributed by atoms with Gasteiger partial charge in [0, 0.05) is 33.4 Å². The van der Waals surface area contributed by atoms with E-state index >= 15 is 0 Å². The molecule has 0 unspecified atom stereocenters. The Morgan fingerprint density at radius 2 is 1.89 bits per heavy atom. The van der Waals surface area contributed by atoms with Gasteiger partial charge in [-0.2, -0.15) is 0 Å². The molecule has 2 aliphatic heterocycles. The highest BCUT2D eigenvalue weighted by molar-refractivity contribution is 5.88. The van der Waals surface area contributed by atoms with Crippen LogP contribution in [-0.2, 0) is 24.6 Å². The van der Waals surface area contributed by atoms with E-state index in [2.05, 4.69) is 69.8 Å². The number of hydrogen-bond acceptors (Lipinski definition) is 8. The fourth-order valence-corrected chi connectivity index (χ4v) is 4.81. The molecule has 0 saturated carbocycles. The summed E-state index contributed by atoms with van der Waals surface area (Å²) in [6.07, 6.45) is 5.56. The molecule has 3 aromatic rings. The lowest BCUT2D eigenvalue weighted by atomic mass is 9.87. The molecular formula is C28H34N6O3. The number of imidazole rings is 1.